The molecule has 0 aliphatic rings. The summed E-state index contributed by atoms with van der Waals surface area (Å²) >= 11 is 0. The predicted molar refractivity (Wildman–Crippen MR) is 64.0 cm³/mol. The van der Waals surface area contributed by atoms with Crippen molar-refractivity contribution in [1.82, 2.24) is 0 Å². The van der Waals surface area contributed by atoms with Gasteiger partial charge in [0, 0.05) is 6.08 Å². The topological polar surface area (TPSA) is 141 Å². The third kappa shape index (κ3) is 4.02. The van der Waals surface area contributed by atoms with Crippen LogP contribution in [0.3, 0.4) is 0 Å². The lowest BCUT2D eigenvalue weighted by molar-refractivity contribution is -0.172. The van der Waals surface area contributed by atoms with Crippen molar-refractivity contribution in [3.05, 3.63) is 29.8 Å². The average Bonchev–Trinajstić information content (AvgIpc) is 2.36. The Morgan fingerprint density at radius 2 is 1.65 bits per heavy atom. The minimum absolute atomic E-state index is 0.319. The molecule has 0 saturated heterocycles. The van der Waals surface area contributed by atoms with Crippen molar-refractivity contribution in [3.63, 3.8) is 0 Å². The van der Waals surface area contributed by atoms with Gasteiger partial charge in [-0.2, -0.15) is 0 Å². The van der Waals surface area contributed by atoms with Gasteiger partial charge < -0.3 is 25.2 Å². The van der Waals surface area contributed by atoms with Gasteiger partial charge in [-0.15, -0.1) is 0 Å². The van der Waals surface area contributed by atoms with E-state index in [0.29, 0.717) is 5.56 Å². The Morgan fingerprint density at radius 3 is 2.15 bits per heavy atom. The summed E-state index contributed by atoms with van der Waals surface area (Å²) < 4.78 is 4.21. The van der Waals surface area contributed by atoms with Gasteiger partial charge in [-0.25, -0.2) is 14.4 Å². The summed E-state index contributed by atoms with van der Waals surface area (Å²) in [5, 5.41) is 35.3. The molecule has 0 bridgehead atoms. The molecule has 20 heavy (non-hydrogen) atoms. The molecule has 1 aromatic carbocycles. The molecule has 8 heteroatoms. The smallest absolute Gasteiger partial charge is 0.356 e. The third-order valence-electron chi connectivity index (χ3n) is 2.09. The van der Waals surface area contributed by atoms with E-state index >= 15 is 0 Å². The number of rotatable bonds is 5. The van der Waals surface area contributed by atoms with Crippen molar-refractivity contribution >= 4 is 24.0 Å². The first-order valence-corrected chi connectivity index (χ1v) is 5.17. The van der Waals surface area contributed by atoms with E-state index in [4.69, 9.17) is 15.3 Å². The second-order valence-corrected chi connectivity index (χ2v) is 3.57. The number of phenolic OH excluding ortho intramolecular Hbond substituents is 2. The largest absolute Gasteiger partial charge is 0.504 e. The molecule has 0 aliphatic carbocycles. The highest BCUT2D eigenvalue weighted by molar-refractivity contribution is 5.99. The Balaban J connectivity index is 2.74. The van der Waals surface area contributed by atoms with Crippen LogP contribution < -0.4 is 0 Å². The van der Waals surface area contributed by atoms with Crippen molar-refractivity contribution in [2.24, 2.45) is 0 Å². The monoisotopic (exact) mass is 282 g/mol. The Hall–Kier alpha value is -3.03. The number of carbonyl (C=O) groups excluding carboxylic acids is 1. The van der Waals surface area contributed by atoms with Crippen molar-refractivity contribution in [1.29, 1.82) is 0 Å². The van der Waals surface area contributed by atoms with Gasteiger partial charge in [0.05, 0.1) is 0 Å². The molecule has 1 rings (SSSR count). The fourth-order valence-corrected chi connectivity index (χ4v) is 1.17. The van der Waals surface area contributed by atoms with Crippen LogP contribution in [0.2, 0.25) is 0 Å². The van der Waals surface area contributed by atoms with Crippen LogP contribution in [0.25, 0.3) is 6.08 Å². The minimum Gasteiger partial charge on any atom is -0.504 e. The van der Waals surface area contributed by atoms with Gasteiger partial charge in [-0.3, -0.25) is 0 Å². The standard InChI is InChI=1S/C12H10O8/c13-7-3-1-6(5-8(7)14)2-4-9(15)20-10(11(16)17)12(18)19/h1-5,10,13-14H,(H,16,17)(H,18,19)/b4-2-. The van der Waals surface area contributed by atoms with Gasteiger partial charge in [0.1, 0.15) is 0 Å². The van der Waals surface area contributed by atoms with E-state index in [1.807, 2.05) is 0 Å². The SMILES string of the molecule is O=C(/C=C\c1ccc(O)c(O)c1)OC(C(=O)O)C(=O)O. The Labute approximate surface area is 112 Å². The molecule has 4 N–H and O–H groups in total. The molecule has 0 aliphatic heterocycles. The number of carbonyl (C=O) groups is 3. The van der Waals surface area contributed by atoms with Crippen LogP contribution in [-0.4, -0.2) is 44.4 Å². The summed E-state index contributed by atoms with van der Waals surface area (Å²) in [5.74, 6) is -5.54. The number of ether oxygens (including phenoxy) is 1. The second kappa shape index (κ2) is 6.23. The lowest BCUT2D eigenvalue weighted by Gasteiger charge is -2.06. The van der Waals surface area contributed by atoms with Gasteiger partial charge in [0.2, 0.25) is 0 Å². The Morgan fingerprint density at radius 1 is 1.05 bits per heavy atom. The molecule has 0 saturated carbocycles. The molecule has 8 nitrogen and oxygen atoms in total. The number of carboxylic acids is 2. The van der Waals surface area contributed by atoms with Crippen molar-refractivity contribution in [2.45, 2.75) is 6.10 Å². The highest BCUT2D eigenvalue weighted by Crippen LogP contribution is 2.25. The highest BCUT2D eigenvalue weighted by Gasteiger charge is 2.29. The van der Waals surface area contributed by atoms with Crippen LogP contribution in [0.1, 0.15) is 5.56 Å². The molecule has 106 valence electrons. The predicted octanol–water partition coefficient (Wildman–Crippen LogP) is 0.192. The van der Waals surface area contributed by atoms with Crippen LogP contribution in [0.4, 0.5) is 0 Å². The molecule has 1 aromatic rings. The fraction of sp³-hybridized carbons (Fsp3) is 0.0833. The number of hydrogen-bond acceptors (Lipinski definition) is 6. The Bertz CT molecular complexity index is 561. The molecule has 0 spiro atoms. The summed E-state index contributed by atoms with van der Waals surface area (Å²) in [6.07, 6.45) is -0.340. The number of hydrogen-bond donors (Lipinski definition) is 4. The van der Waals surface area contributed by atoms with Crippen LogP contribution in [0.15, 0.2) is 24.3 Å². The van der Waals surface area contributed by atoms with Crippen LogP contribution >= 0.6 is 0 Å². The molecule has 0 atom stereocenters. The maximum absolute atomic E-state index is 11.2. The zero-order chi connectivity index (χ0) is 15.3. The summed E-state index contributed by atoms with van der Waals surface area (Å²) in [5.41, 5.74) is 0.319. The normalized spacial score (nSPS) is 10.7. The van der Waals surface area contributed by atoms with Crippen molar-refractivity contribution in [2.75, 3.05) is 0 Å². The average molecular weight is 282 g/mol. The first kappa shape index (κ1) is 15.0. The van der Waals surface area contributed by atoms with E-state index < -0.39 is 29.8 Å². The lowest BCUT2D eigenvalue weighted by Crippen LogP contribution is -2.34. The van der Waals surface area contributed by atoms with Gasteiger partial charge >= 0.3 is 17.9 Å². The van der Waals surface area contributed by atoms with E-state index in [-0.39, 0.29) is 5.75 Å². The van der Waals surface area contributed by atoms with Crippen LogP contribution in [0, 0.1) is 0 Å². The molecule has 0 heterocycles. The molecule has 0 unspecified atom stereocenters. The minimum atomic E-state index is -2.29. The Kier molecular flexibility index (Phi) is 4.68. The van der Waals surface area contributed by atoms with Crippen molar-refractivity contribution in [3.8, 4) is 11.5 Å². The number of esters is 1. The third-order valence-corrected chi connectivity index (χ3v) is 2.09. The quantitative estimate of drug-likeness (QED) is 0.259. The second-order valence-electron chi connectivity index (χ2n) is 3.57. The highest BCUT2D eigenvalue weighted by atomic mass is 16.6. The number of phenols is 2. The fourth-order valence-electron chi connectivity index (χ4n) is 1.17. The molecule has 0 amide bonds. The van der Waals surface area contributed by atoms with E-state index in [1.54, 1.807) is 0 Å². The van der Waals surface area contributed by atoms with Gasteiger partial charge in [0.15, 0.2) is 11.5 Å². The molecular weight excluding hydrogens is 272 g/mol. The maximum Gasteiger partial charge on any atom is 0.356 e. The molecular formula is C12H10O8. The first-order valence-electron chi connectivity index (χ1n) is 5.17. The van der Waals surface area contributed by atoms with Gasteiger partial charge in [-0.05, 0) is 23.8 Å². The lowest BCUT2D eigenvalue weighted by atomic mass is 10.2. The number of aliphatic carboxylic acids is 2. The van der Waals surface area contributed by atoms with Crippen molar-refractivity contribution < 1.29 is 39.5 Å². The van der Waals surface area contributed by atoms with Crippen LogP contribution in [0.5, 0.6) is 11.5 Å². The zero-order valence-electron chi connectivity index (χ0n) is 9.89. The van der Waals surface area contributed by atoms with Crippen LogP contribution in [-0.2, 0) is 19.1 Å². The molecule has 0 aromatic heterocycles. The van der Waals surface area contributed by atoms with E-state index in [2.05, 4.69) is 4.74 Å². The molecule has 0 fully saturated rings. The zero-order valence-corrected chi connectivity index (χ0v) is 9.89. The van der Waals surface area contributed by atoms with E-state index in [0.717, 1.165) is 18.2 Å². The number of benzene rings is 1. The maximum atomic E-state index is 11.2. The summed E-state index contributed by atoms with van der Waals surface area (Å²) in [6.45, 7) is 0. The summed E-state index contributed by atoms with van der Waals surface area (Å²) in [7, 11) is 0. The summed E-state index contributed by atoms with van der Waals surface area (Å²) in [6, 6.07) is 3.69. The number of carboxylic acid groups (broad SMARTS) is 2. The molecule has 0 radical (unpaired) electrons. The van der Waals surface area contributed by atoms with E-state index in [1.165, 1.54) is 12.1 Å². The van der Waals surface area contributed by atoms with Gasteiger partial charge in [-0.1, -0.05) is 6.07 Å². The first-order chi connectivity index (χ1) is 9.31. The van der Waals surface area contributed by atoms with E-state index in [9.17, 15) is 19.5 Å². The van der Waals surface area contributed by atoms with Gasteiger partial charge in [0.25, 0.3) is 6.10 Å². The summed E-state index contributed by atoms with van der Waals surface area (Å²) in [4.78, 5) is 32.2. The number of aromatic hydroxyl groups is 2.